The molecule has 1 aliphatic rings. The molecule has 0 aliphatic carbocycles. The normalized spacial score (nSPS) is 14.6. The van der Waals surface area contributed by atoms with Crippen molar-refractivity contribution >= 4 is 5.69 Å². The summed E-state index contributed by atoms with van der Waals surface area (Å²) in [7, 11) is 0. The Morgan fingerprint density at radius 1 is 1.20 bits per heavy atom. The van der Waals surface area contributed by atoms with Gasteiger partial charge in [-0.25, -0.2) is 4.39 Å². The monoisotopic (exact) mass is 271 g/mol. The minimum atomic E-state index is -0.216. The molecule has 2 aromatic rings. The molecular formula is C17H18FNO. The first-order valence-electron chi connectivity index (χ1n) is 6.92. The van der Waals surface area contributed by atoms with E-state index in [0.717, 1.165) is 29.9 Å². The van der Waals surface area contributed by atoms with Gasteiger partial charge in [0.2, 0.25) is 0 Å². The van der Waals surface area contributed by atoms with Crippen LogP contribution in [-0.4, -0.2) is 6.61 Å². The Bertz CT molecular complexity index is 639. The molecule has 2 aromatic carbocycles. The number of anilines is 1. The maximum atomic E-state index is 13.8. The zero-order chi connectivity index (χ0) is 14.1. The molecule has 0 aromatic heterocycles. The highest BCUT2D eigenvalue weighted by Crippen LogP contribution is 2.29. The molecule has 1 aliphatic heterocycles. The lowest BCUT2D eigenvalue weighted by molar-refractivity contribution is 0.357. The number of halogens is 1. The second kappa shape index (κ2) is 5.16. The highest BCUT2D eigenvalue weighted by atomic mass is 19.1. The summed E-state index contributed by atoms with van der Waals surface area (Å²) < 4.78 is 19.3. The number of ether oxygens (including phenoxy) is 1. The van der Waals surface area contributed by atoms with Crippen LogP contribution < -0.4 is 10.1 Å². The molecule has 1 unspecified atom stereocenters. The molecule has 1 heterocycles. The van der Waals surface area contributed by atoms with Crippen LogP contribution in [0.4, 0.5) is 10.1 Å². The van der Waals surface area contributed by atoms with Crippen molar-refractivity contribution in [1.82, 2.24) is 0 Å². The van der Waals surface area contributed by atoms with Gasteiger partial charge in [-0.1, -0.05) is 12.1 Å². The fraction of sp³-hybridized carbons (Fsp3) is 0.294. The van der Waals surface area contributed by atoms with E-state index < -0.39 is 0 Å². The summed E-state index contributed by atoms with van der Waals surface area (Å²) in [4.78, 5) is 0. The summed E-state index contributed by atoms with van der Waals surface area (Å²) in [5.41, 5.74) is 3.98. The molecule has 20 heavy (non-hydrogen) atoms. The van der Waals surface area contributed by atoms with E-state index in [1.807, 2.05) is 32.0 Å². The van der Waals surface area contributed by atoms with Gasteiger partial charge in [0, 0.05) is 12.5 Å². The van der Waals surface area contributed by atoms with Crippen molar-refractivity contribution in [3.8, 4) is 5.75 Å². The van der Waals surface area contributed by atoms with E-state index in [9.17, 15) is 4.39 Å². The minimum absolute atomic E-state index is 0.0530. The van der Waals surface area contributed by atoms with Crippen LogP contribution in [0.5, 0.6) is 5.75 Å². The van der Waals surface area contributed by atoms with Crippen molar-refractivity contribution in [3.63, 3.8) is 0 Å². The third-order valence-electron chi connectivity index (χ3n) is 3.71. The molecule has 0 saturated carbocycles. The van der Waals surface area contributed by atoms with Crippen LogP contribution >= 0.6 is 0 Å². The Balaban J connectivity index is 1.82. The Morgan fingerprint density at radius 2 is 2.05 bits per heavy atom. The van der Waals surface area contributed by atoms with E-state index in [-0.39, 0.29) is 11.9 Å². The van der Waals surface area contributed by atoms with E-state index in [1.165, 1.54) is 11.6 Å². The zero-order valence-corrected chi connectivity index (χ0v) is 11.7. The topological polar surface area (TPSA) is 21.3 Å². The van der Waals surface area contributed by atoms with E-state index >= 15 is 0 Å². The summed E-state index contributed by atoms with van der Waals surface area (Å²) >= 11 is 0. The summed E-state index contributed by atoms with van der Waals surface area (Å²) in [5, 5.41) is 3.24. The third kappa shape index (κ3) is 2.48. The van der Waals surface area contributed by atoms with Gasteiger partial charge < -0.3 is 10.1 Å². The van der Waals surface area contributed by atoms with Gasteiger partial charge in [-0.3, -0.25) is 0 Å². The predicted octanol–water partition coefficient (Wildman–Crippen LogP) is 4.24. The van der Waals surface area contributed by atoms with E-state index in [1.54, 1.807) is 6.07 Å². The molecule has 1 atom stereocenters. The lowest BCUT2D eigenvalue weighted by Crippen LogP contribution is -2.08. The van der Waals surface area contributed by atoms with Gasteiger partial charge in [0.05, 0.1) is 12.3 Å². The number of nitrogens with one attached hydrogen (secondary N) is 1. The fourth-order valence-corrected chi connectivity index (χ4v) is 2.54. The quantitative estimate of drug-likeness (QED) is 0.901. The van der Waals surface area contributed by atoms with E-state index in [4.69, 9.17) is 4.74 Å². The molecule has 1 N–H and O–H groups in total. The standard InChI is InChI=1S/C17H18FNO/c1-11-3-5-15(18)16(9-11)19-12(2)13-4-6-17-14(10-13)7-8-20-17/h3-6,9-10,12,19H,7-8H2,1-2H3. The molecule has 0 radical (unpaired) electrons. The van der Waals surface area contributed by atoms with Crippen molar-refractivity contribution in [3.05, 3.63) is 58.9 Å². The van der Waals surface area contributed by atoms with Crippen LogP contribution in [-0.2, 0) is 6.42 Å². The Hall–Kier alpha value is -2.03. The number of fused-ring (bicyclic) bond motifs is 1. The molecule has 0 amide bonds. The molecular weight excluding hydrogens is 253 g/mol. The van der Waals surface area contributed by atoms with Gasteiger partial charge in [-0.15, -0.1) is 0 Å². The zero-order valence-electron chi connectivity index (χ0n) is 11.7. The number of rotatable bonds is 3. The van der Waals surface area contributed by atoms with Crippen molar-refractivity contribution in [1.29, 1.82) is 0 Å². The SMILES string of the molecule is Cc1ccc(F)c(NC(C)c2ccc3c(c2)CCO3)c1. The first kappa shape index (κ1) is 13.0. The minimum Gasteiger partial charge on any atom is -0.493 e. The van der Waals surface area contributed by atoms with Crippen molar-refractivity contribution < 1.29 is 9.13 Å². The van der Waals surface area contributed by atoms with Crippen LogP contribution in [0.2, 0.25) is 0 Å². The number of aryl methyl sites for hydroxylation is 1. The molecule has 0 bridgehead atoms. The van der Waals surface area contributed by atoms with Crippen LogP contribution in [0.1, 0.15) is 29.7 Å². The van der Waals surface area contributed by atoms with Crippen LogP contribution in [0, 0.1) is 12.7 Å². The predicted molar refractivity (Wildman–Crippen MR) is 78.8 cm³/mol. The molecule has 2 nitrogen and oxygen atoms in total. The molecule has 3 rings (SSSR count). The number of hydrogen-bond acceptors (Lipinski definition) is 2. The second-order valence-electron chi connectivity index (χ2n) is 5.31. The average molecular weight is 271 g/mol. The van der Waals surface area contributed by atoms with E-state index in [0.29, 0.717) is 5.69 Å². The van der Waals surface area contributed by atoms with Crippen molar-refractivity contribution in [2.24, 2.45) is 0 Å². The smallest absolute Gasteiger partial charge is 0.146 e. The third-order valence-corrected chi connectivity index (χ3v) is 3.71. The van der Waals surface area contributed by atoms with Gasteiger partial charge in [-0.2, -0.15) is 0 Å². The molecule has 0 saturated heterocycles. The van der Waals surface area contributed by atoms with Crippen LogP contribution in [0.3, 0.4) is 0 Å². The molecule has 0 spiro atoms. The molecule has 0 fully saturated rings. The largest absolute Gasteiger partial charge is 0.493 e. The summed E-state index contributed by atoms with van der Waals surface area (Å²) in [6, 6.07) is 11.4. The van der Waals surface area contributed by atoms with Crippen molar-refractivity contribution in [2.75, 3.05) is 11.9 Å². The Morgan fingerprint density at radius 3 is 2.90 bits per heavy atom. The Kier molecular flexibility index (Phi) is 3.35. The van der Waals surface area contributed by atoms with Gasteiger partial charge in [0.25, 0.3) is 0 Å². The van der Waals surface area contributed by atoms with Gasteiger partial charge in [0.15, 0.2) is 0 Å². The maximum Gasteiger partial charge on any atom is 0.146 e. The number of hydrogen-bond donors (Lipinski definition) is 1. The summed E-state index contributed by atoms with van der Waals surface area (Å²) in [5.74, 6) is 0.759. The average Bonchev–Trinajstić information content (AvgIpc) is 2.90. The second-order valence-corrected chi connectivity index (χ2v) is 5.31. The van der Waals surface area contributed by atoms with Gasteiger partial charge in [-0.05, 0) is 54.8 Å². The lowest BCUT2D eigenvalue weighted by atomic mass is 10.0. The Labute approximate surface area is 118 Å². The highest BCUT2D eigenvalue weighted by Gasteiger charge is 2.15. The molecule has 3 heteroatoms. The first-order chi connectivity index (χ1) is 9.63. The lowest BCUT2D eigenvalue weighted by Gasteiger charge is -2.17. The first-order valence-corrected chi connectivity index (χ1v) is 6.92. The highest BCUT2D eigenvalue weighted by molar-refractivity contribution is 5.50. The summed E-state index contributed by atoms with van der Waals surface area (Å²) in [6.07, 6.45) is 0.953. The van der Waals surface area contributed by atoms with Gasteiger partial charge in [0.1, 0.15) is 11.6 Å². The van der Waals surface area contributed by atoms with Gasteiger partial charge >= 0.3 is 0 Å². The molecule has 104 valence electrons. The van der Waals surface area contributed by atoms with E-state index in [2.05, 4.69) is 11.4 Å². The fourth-order valence-electron chi connectivity index (χ4n) is 2.54. The number of benzene rings is 2. The van der Waals surface area contributed by atoms with Crippen molar-refractivity contribution in [2.45, 2.75) is 26.3 Å². The maximum absolute atomic E-state index is 13.8. The summed E-state index contributed by atoms with van der Waals surface area (Å²) in [6.45, 7) is 4.76. The van der Waals surface area contributed by atoms with Crippen LogP contribution in [0.15, 0.2) is 36.4 Å². The van der Waals surface area contributed by atoms with Crippen LogP contribution in [0.25, 0.3) is 0 Å².